The summed E-state index contributed by atoms with van der Waals surface area (Å²) in [4.78, 5) is 7.20. The van der Waals surface area contributed by atoms with Crippen molar-refractivity contribution in [2.75, 3.05) is 24.6 Å². The minimum Gasteiger partial charge on any atom is -0.396 e. The summed E-state index contributed by atoms with van der Waals surface area (Å²) in [6.45, 7) is 2.73. The highest BCUT2D eigenvalue weighted by Crippen LogP contribution is 2.29. The first kappa shape index (κ1) is 12.9. The van der Waals surface area contributed by atoms with Gasteiger partial charge in [-0.3, -0.25) is 0 Å². The Balaban J connectivity index is 1.91. The lowest BCUT2D eigenvalue weighted by Gasteiger charge is -2.24. The molecule has 0 saturated carbocycles. The highest BCUT2D eigenvalue weighted by Gasteiger charge is 2.25. The fourth-order valence-electron chi connectivity index (χ4n) is 3.27. The number of hydrogen-bond acceptors (Lipinski definition) is 4. The predicted octanol–water partition coefficient (Wildman–Crippen LogP) is 1.24. The number of hydrogen-bond donors (Lipinski definition) is 2. The van der Waals surface area contributed by atoms with Crippen LogP contribution in [0.5, 0.6) is 0 Å². The van der Waals surface area contributed by atoms with Gasteiger partial charge in [0.2, 0.25) is 0 Å². The van der Waals surface area contributed by atoms with E-state index in [1.807, 2.05) is 0 Å². The Morgan fingerprint density at radius 2 is 2.21 bits per heavy atom. The Bertz CT molecular complexity index is 461. The van der Waals surface area contributed by atoms with Crippen molar-refractivity contribution in [3.8, 4) is 0 Å². The Kier molecular flexibility index (Phi) is 3.71. The van der Waals surface area contributed by atoms with Crippen LogP contribution in [-0.4, -0.2) is 29.8 Å². The van der Waals surface area contributed by atoms with Crippen molar-refractivity contribution in [2.45, 2.75) is 38.6 Å². The second-order valence-electron chi connectivity index (χ2n) is 5.77. The molecule has 0 bridgehead atoms. The van der Waals surface area contributed by atoms with Crippen LogP contribution in [0.1, 0.15) is 36.1 Å². The van der Waals surface area contributed by atoms with Gasteiger partial charge in [0.05, 0.1) is 0 Å². The molecule has 1 atom stereocenters. The zero-order valence-corrected chi connectivity index (χ0v) is 11.4. The van der Waals surface area contributed by atoms with Crippen LogP contribution in [0.2, 0.25) is 0 Å². The summed E-state index contributed by atoms with van der Waals surface area (Å²) in [5, 5.41) is 9.28. The Hall–Kier alpha value is -1.13. The molecule has 1 aliphatic heterocycles. The first-order valence-corrected chi connectivity index (χ1v) is 7.39. The number of anilines is 1. The fourth-order valence-corrected chi connectivity index (χ4v) is 3.27. The highest BCUT2D eigenvalue weighted by molar-refractivity contribution is 5.51. The lowest BCUT2D eigenvalue weighted by Crippen LogP contribution is -2.25. The monoisotopic (exact) mass is 261 g/mol. The maximum atomic E-state index is 9.28. The summed E-state index contributed by atoms with van der Waals surface area (Å²) in [6, 6.07) is 2.27. The summed E-state index contributed by atoms with van der Waals surface area (Å²) < 4.78 is 0. The molecule has 0 amide bonds. The summed E-state index contributed by atoms with van der Waals surface area (Å²) in [6.07, 6.45) is 5.83. The molecule has 4 nitrogen and oxygen atoms in total. The third kappa shape index (κ3) is 2.47. The van der Waals surface area contributed by atoms with Gasteiger partial charge in [-0.25, -0.2) is 4.98 Å². The lowest BCUT2D eigenvalue weighted by molar-refractivity contribution is 0.238. The minimum atomic E-state index is 0.277. The first-order chi connectivity index (χ1) is 9.31. The van der Waals surface area contributed by atoms with E-state index in [1.165, 1.54) is 29.7 Å². The van der Waals surface area contributed by atoms with E-state index in [-0.39, 0.29) is 6.61 Å². The first-order valence-electron chi connectivity index (χ1n) is 7.39. The molecule has 19 heavy (non-hydrogen) atoms. The molecule has 1 aromatic heterocycles. The molecule has 0 radical (unpaired) electrons. The molecule has 1 saturated heterocycles. The van der Waals surface area contributed by atoms with Gasteiger partial charge in [-0.1, -0.05) is 0 Å². The predicted molar refractivity (Wildman–Crippen MR) is 76.2 cm³/mol. The van der Waals surface area contributed by atoms with Crippen molar-refractivity contribution in [3.63, 3.8) is 0 Å². The van der Waals surface area contributed by atoms with Gasteiger partial charge < -0.3 is 15.7 Å². The van der Waals surface area contributed by atoms with Crippen molar-refractivity contribution in [1.29, 1.82) is 0 Å². The number of aliphatic hydroxyl groups excluding tert-OH is 1. The van der Waals surface area contributed by atoms with E-state index in [0.29, 0.717) is 12.5 Å². The Morgan fingerprint density at radius 3 is 2.95 bits per heavy atom. The molecule has 2 aliphatic rings. The number of aromatic nitrogens is 1. The second kappa shape index (κ2) is 5.47. The zero-order valence-electron chi connectivity index (χ0n) is 11.4. The maximum Gasteiger partial charge on any atom is 0.133 e. The highest BCUT2D eigenvalue weighted by atomic mass is 16.3. The quantitative estimate of drug-likeness (QED) is 0.859. The summed E-state index contributed by atoms with van der Waals surface area (Å²) in [5.41, 5.74) is 9.73. The SMILES string of the molecule is NCc1cc2c(nc1N1CCC(CO)C1)CCCC2. The number of aryl methyl sites for hydroxylation is 2. The molecule has 0 spiro atoms. The Labute approximate surface area is 114 Å². The van der Waals surface area contributed by atoms with Crippen LogP contribution in [-0.2, 0) is 19.4 Å². The normalized spacial score (nSPS) is 22.6. The molecule has 3 N–H and O–H groups in total. The molecule has 1 unspecified atom stereocenters. The minimum absolute atomic E-state index is 0.277. The van der Waals surface area contributed by atoms with Crippen LogP contribution in [0.15, 0.2) is 6.07 Å². The van der Waals surface area contributed by atoms with E-state index in [4.69, 9.17) is 10.7 Å². The van der Waals surface area contributed by atoms with Gasteiger partial charge in [0.15, 0.2) is 0 Å². The third-order valence-corrected chi connectivity index (χ3v) is 4.42. The number of rotatable bonds is 3. The number of fused-ring (bicyclic) bond motifs is 1. The van der Waals surface area contributed by atoms with Crippen molar-refractivity contribution in [1.82, 2.24) is 4.98 Å². The van der Waals surface area contributed by atoms with Crippen LogP contribution >= 0.6 is 0 Å². The smallest absolute Gasteiger partial charge is 0.133 e. The van der Waals surface area contributed by atoms with E-state index in [0.717, 1.165) is 38.2 Å². The third-order valence-electron chi connectivity index (χ3n) is 4.42. The van der Waals surface area contributed by atoms with E-state index >= 15 is 0 Å². The number of aliphatic hydroxyl groups is 1. The molecule has 1 aliphatic carbocycles. The van der Waals surface area contributed by atoms with Crippen LogP contribution in [0, 0.1) is 5.92 Å². The number of nitrogens with zero attached hydrogens (tertiary/aromatic N) is 2. The second-order valence-corrected chi connectivity index (χ2v) is 5.77. The van der Waals surface area contributed by atoms with E-state index in [2.05, 4.69) is 11.0 Å². The molecule has 3 rings (SSSR count). The van der Waals surface area contributed by atoms with Gasteiger partial charge in [0.25, 0.3) is 0 Å². The van der Waals surface area contributed by atoms with Crippen LogP contribution < -0.4 is 10.6 Å². The fraction of sp³-hybridized carbons (Fsp3) is 0.667. The van der Waals surface area contributed by atoms with Gasteiger partial charge in [0.1, 0.15) is 5.82 Å². The molecule has 1 fully saturated rings. The van der Waals surface area contributed by atoms with Crippen LogP contribution in [0.4, 0.5) is 5.82 Å². The number of pyridine rings is 1. The van der Waals surface area contributed by atoms with E-state index in [9.17, 15) is 5.11 Å². The molecular formula is C15H23N3O. The molecule has 4 heteroatoms. The largest absolute Gasteiger partial charge is 0.396 e. The van der Waals surface area contributed by atoms with Crippen molar-refractivity contribution in [3.05, 3.63) is 22.9 Å². The van der Waals surface area contributed by atoms with Crippen molar-refractivity contribution >= 4 is 5.82 Å². The summed E-state index contributed by atoms with van der Waals surface area (Å²) in [5.74, 6) is 1.46. The molecule has 104 valence electrons. The van der Waals surface area contributed by atoms with Gasteiger partial charge in [-0.15, -0.1) is 0 Å². The molecule has 0 aromatic carbocycles. The van der Waals surface area contributed by atoms with Gasteiger partial charge in [-0.2, -0.15) is 0 Å². The van der Waals surface area contributed by atoms with E-state index in [1.54, 1.807) is 0 Å². The van der Waals surface area contributed by atoms with Gasteiger partial charge in [0, 0.05) is 43.4 Å². The Morgan fingerprint density at radius 1 is 1.37 bits per heavy atom. The summed E-state index contributed by atoms with van der Waals surface area (Å²) >= 11 is 0. The lowest BCUT2D eigenvalue weighted by atomic mass is 9.94. The average Bonchev–Trinajstić information content (AvgIpc) is 2.94. The zero-order chi connectivity index (χ0) is 13.2. The standard InChI is InChI=1S/C15H23N3O/c16-8-13-7-12-3-1-2-4-14(12)17-15(13)18-6-5-11(9-18)10-19/h7,11,19H,1-6,8-10,16H2. The van der Waals surface area contributed by atoms with Gasteiger partial charge in [-0.05, 0) is 43.7 Å². The van der Waals surface area contributed by atoms with Crippen LogP contribution in [0.25, 0.3) is 0 Å². The maximum absolute atomic E-state index is 9.28. The molecular weight excluding hydrogens is 238 g/mol. The van der Waals surface area contributed by atoms with Crippen molar-refractivity contribution in [2.24, 2.45) is 11.7 Å². The number of nitrogens with two attached hydrogens (primary N) is 1. The molecule has 1 aromatic rings. The molecule has 2 heterocycles. The topological polar surface area (TPSA) is 62.4 Å². The average molecular weight is 261 g/mol. The van der Waals surface area contributed by atoms with Crippen LogP contribution in [0.3, 0.4) is 0 Å². The van der Waals surface area contributed by atoms with Crippen molar-refractivity contribution < 1.29 is 5.11 Å². The van der Waals surface area contributed by atoms with E-state index < -0.39 is 0 Å². The summed E-state index contributed by atoms with van der Waals surface area (Å²) in [7, 11) is 0. The van der Waals surface area contributed by atoms with Gasteiger partial charge >= 0.3 is 0 Å².